The van der Waals surface area contributed by atoms with Crippen molar-refractivity contribution in [2.75, 3.05) is 32.4 Å². The zero-order chi connectivity index (χ0) is 13.5. The molecular weight excluding hydrogens is 263 g/mol. The highest BCUT2D eigenvalue weighted by molar-refractivity contribution is 7.88. The van der Waals surface area contributed by atoms with E-state index in [1.807, 2.05) is 5.32 Å². The number of sulfonamides is 1. The van der Waals surface area contributed by atoms with E-state index in [0.717, 1.165) is 6.26 Å². The van der Waals surface area contributed by atoms with Crippen molar-refractivity contribution in [1.29, 1.82) is 0 Å². The van der Waals surface area contributed by atoms with Gasteiger partial charge in [-0.3, -0.25) is 4.79 Å². The molecule has 0 aliphatic rings. The second-order valence-electron chi connectivity index (χ2n) is 3.24. The fourth-order valence-electron chi connectivity index (χ4n) is 0.819. The van der Waals surface area contributed by atoms with E-state index in [-0.39, 0.29) is 13.1 Å². The van der Waals surface area contributed by atoms with Gasteiger partial charge in [-0.05, 0) is 0 Å². The highest BCUT2D eigenvalue weighted by atomic mass is 32.2. The van der Waals surface area contributed by atoms with E-state index in [4.69, 9.17) is 0 Å². The van der Waals surface area contributed by atoms with Crippen LogP contribution in [0.25, 0.3) is 0 Å². The number of carbonyl (C=O) groups excluding carboxylic acids is 1. The Balaban J connectivity index is 3.55. The second kappa shape index (κ2) is 6.77. The zero-order valence-corrected chi connectivity index (χ0v) is 9.91. The fourth-order valence-corrected chi connectivity index (χ4v) is 1.29. The summed E-state index contributed by atoms with van der Waals surface area (Å²) in [7, 11) is -3.32. The Morgan fingerprint density at radius 1 is 1.24 bits per heavy atom. The molecule has 0 radical (unpaired) electrons. The summed E-state index contributed by atoms with van der Waals surface area (Å²) >= 11 is 0. The lowest BCUT2D eigenvalue weighted by Gasteiger charge is -2.08. The number of nitrogens with one attached hydrogen (secondary N) is 3. The van der Waals surface area contributed by atoms with Gasteiger partial charge in [-0.25, -0.2) is 13.1 Å². The maximum absolute atomic E-state index is 11.7. The van der Waals surface area contributed by atoms with E-state index in [9.17, 15) is 26.4 Å². The number of alkyl halides is 3. The first kappa shape index (κ1) is 16.1. The summed E-state index contributed by atoms with van der Waals surface area (Å²) in [5, 5.41) is 4.15. The van der Waals surface area contributed by atoms with Crippen LogP contribution in [0.1, 0.15) is 0 Å². The summed E-state index contributed by atoms with van der Waals surface area (Å²) in [6, 6.07) is 0. The molecule has 0 unspecified atom stereocenters. The lowest BCUT2D eigenvalue weighted by atomic mass is 10.5. The third-order valence-electron chi connectivity index (χ3n) is 1.42. The van der Waals surface area contributed by atoms with Crippen LogP contribution >= 0.6 is 0 Å². The Labute approximate surface area is 97.0 Å². The molecule has 102 valence electrons. The molecule has 17 heavy (non-hydrogen) atoms. The van der Waals surface area contributed by atoms with Gasteiger partial charge < -0.3 is 10.6 Å². The summed E-state index contributed by atoms with van der Waals surface area (Å²) in [6.07, 6.45) is -3.40. The van der Waals surface area contributed by atoms with Gasteiger partial charge in [-0.1, -0.05) is 0 Å². The van der Waals surface area contributed by atoms with Crippen molar-refractivity contribution < 1.29 is 26.4 Å². The summed E-state index contributed by atoms with van der Waals surface area (Å²) in [4.78, 5) is 10.9. The van der Waals surface area contributed by atoms with Gasteiger partial charge in [0.25, 0.3) is 0 Å². The van der Waals surface area contributed by atoms with Crippen molar-refractivity contribution in [1.82, 2.24) is 15.4 Å². The largest absolute Gasteiger partial charge is 0.401 e. The van der Waals surface area contributed by atoms with Gasteiger partial charge in [0.2, 0.25) is 15.9 Å². The molecule has 0 aliphatic carbocycles. The minimum atomic E-state index is -4.36. The van der Waals surface area contributed by atoms with Crippen LogP contribution in [0.3, 0.4) is 0 Å². The number of hydrogen-bond donors (Lipinski definition) is 3. The molecule has 1 amide bonds. The molecule has 0 heterocycles. The summed E-state index contributed by atoms with van der Waals surface area (Å²) in [5.74, 6) is -0.635. The number of carbonyl (C=O) groups is 1. The second-order valence-corrected chi connectivity index (χ2v) is 5.07. The Hall–Kier alpha value is -0.870. The van der Waals surface area contributed by atoms with Crippen molar-refractivity contribution in [3.8, 4) is 0 Å². The van der Waals surface area contributed by atoms with Gasteiger partial charge >= 0.3 is 6.18 Å². The molecule has 0 spiro atoms. The molecule has 0 fully saturated rings. The molecule has 10 heteroatoms. The van der Waals surface area contributed by atoms with E-state index in [1.54, 1.807) is 0 Å². The van der Waals surface area contributed by atoms with Crippen LogP contribution in [0.15, 0.2) is 0 Å². The first-order chi connectivity index (χ1) is 7.60. The summed E-state index contributed by atoms with van der Waals surface area (Å²) < 4.78 is 58.3. The number of rotatable bonds is 7. The lowest BCUT2D eigenvalue weighted by molar-refractivity contribution is -0.128. The van der Waals surface area contributed by atoms with Crippen LogP contribution in [-0.4, -0.2) is 52.9 Å². The fraction of sp³-hybridized carbons (Fsp3) is 0.857. The molecule has 0 aromatic rings. The van der Waals surface area contributed by atoms with Crippen LogP contribution in [-0.2, 0) is 14.8 Å². The van der Waals surface area contributed by atoms with E-state index in [1.165, 1.54) is 0 Å². The van der Waals surface area contributed by atoms with Gasteiger partial charge in [0.15, 0.2) is 0 Å². The number of hydrogen-bond acceptors (Lipinski definition) is 4. The quantitative estimate of drug-likeness (QED) is 0.510. The maximum atomic E-state index is 11.7. The van der Waals surface area contributed by atoms with Gasteiger partial charge in [-0.2, -0.15) is 13.2 Å². The lowest BCUT2D eigenvalue weighted by Crippen LogP contribution is -2.40. The van der Waals surface area contributed by atoms with Crippen LogP contribution in [0.5, 0.6) is 0 Å². The molecule has 0 bridgehead atoms. The van der Waals surface area contributed by atoms with E-state index in [0.29, 0.717) is 0 Å². The molecule has 0 atom stereocenters. The third-order valence-corrected chi connectivity index (χ3v) is 2.15. The van der Waals surface area contributed by atoms with Gasteiger partial charge in [0.1, 0.15) is 0 Å². The molecule has 0 aliphatic heterocycles. The number of halogens is 3. The molecule has 0 rings (SSSR count). The minimum absolute atomic E-state index is 0.0101. The van der Waals surface area contributed by atoms with Crippen LogP contribution in [0.2, 0.25) is 0 Å². The van der Waals surface area contributed by atoms with Crippen molar-refractivity contribution in [2.45, 2.75) is 6.18 Å². The minimum Gasteiger partial charge on any atom is -0.354 e. The molecule has 0 aromatic carbocycles. The predicted octanol–water partition coefficient (Wildman–Crippen LogP) is -1.20. The Kier molecular flexibility index (Phi) is 6.42. The van der Waals surface area contributed by atoms with Gasteiger partial charge in [0.05, 0.1) is 19.3 Å². The Morgan fingerprint density at radius 2 is 1.82 bits per heavy atom. The van der Waals surface area contributed by atoms with E-state index >= 15 is 0 Å². The van der Waals surface area contributed by atoms with Crippen molar-refractivity contribution in [3.05, 3.63) is 0 Å². The van der Waals surface area contributed by atoms with E-state index in [2.05, 4.69) is 10.0 Å². The molecular formula is C7H14F3N3O3S. The first-order valence-electron chi connectivity index (χ1n) is 4.59. The van der Waals surface area contributed by atoms with Crippen LogP contribution in [0, 0.1) is 0 Å². The Bertz CT molecular complexity index is 342. The predicted molar refractivity (Wildman–Crippen MR) is 54.8 cm³/mol. The smallest absolute Gasteiger partial charge is 0.354 e. The summed E-state index contributed by atoms with van der Waals surface area (Å²) in [5.41, 5.74) is 0. The van der Waals surface area contributed by atoms with E-state index < -0.39 is 35.2 Å². The maximum Gasteiger partial charge on any atom is 0.401 e. The van der Waals surface area contributed by atoms with Crippen molar-refractivity contribution in [2.24, 2.45) is 0 Å². The molecule has 0 saturated heterocycles. The van der Waals surface area contributed by atoms with Crippen LogP contribution in [0.4, 0.5) is 13.2 Å². The normalized spacial score (nSPS) is 12.5. The van der Waals surface area contributed by atoms with Crippen LogP contribution < -0.4 is 15.4 Å². The SMILES string of the molecule is CS(=O)(=O)NCCNC(=O)CNCC(F)(F)F. The first-order valence-corrected chi connectivity index (χ1v) is 6.48. The molecule has 3 N–H and O–H groups in total. The highest BCUT2D eigenvalue weighted by Gasteiger charge is 2.26. The molecule has 0 saturated carbocycles. The monoisotopic (exact) mass is 277 g/mol. The summed E-state index contributed by atoms with van der Waals surface area (Å²) in [6.45, 7) is -1.72. The van der Waals surface area contributed by atoms with Gasteiger partial charge in [0, 0.05) is 13.1 Å². The zero-order valence-electron chi connectivity index (χ0n) is 9.10. The topological polar surface area (TPSA) is 87.3 Å². The third kappa shape index (κ3) is 13.1. The Morgan fingerprint density at radius 3 is 2.29 bits per heavy atom. The molecule has 0 aromatic heterocycles. The average Bonchev–Trinajstić information content (AvgIpc) is 2.09. The van der Waals surface area contributed by atoms with Crippen molar-refractivity contribution >= 4 is 15.9 Å². The highest BCUT2D eigenvalue weighted by Crippen LogP contribution is 2.11. The average molecular weight is 277 g/mol. The van der Waals surface area contributed by atoms with Crippen molar-refractivity contribution in [3.63, 3.8) is 0 Å². The van der Waals surface area contributed by atoms with Gasteiger partial charge in [-0.15, -0.1) is 0 Å². The standard InChI is InChI=1S/C7H14F3N3O3S/c1-17(15,16)13-3-2-12-6(14)4-11-5-7(8,9)10/h11,13H,2-5H2,1H3,(H,12,14). The molecule has 6 nitrogen and oxygen atoms in total. The number of amides is 1.